The smallest absolute Gasteiger partial charge is 0.328 e. The van der Waals surface area contributed by atoms with Crippen molar-refractivity contribution in [2.75, 3.05) is 6.54 Å². The number of phenolic OH excluding ortho intramolecular Hbond substituents is 1. The highest BCUT2D eigenvalue weighted by Crippen LogP contribution is 2.54. The van der Waals surface area contributed by atoms with E-state index in [0.717, 1.165) is 43.1 Å². The maximum Gasteiger partial charge on any atom is 0.328 e. The highest BCUT2D eigenvalue weighted by Gasteiger charge is 2.53. The van der Waals surface area contributed by atoms with Crippen LogP contribution in [0.25, 0.3) is 6.08 Å². The van der Waals surface area contributed by atoms with Crippen LogP contribution in [0.5, 0.6) is 11.5 Å². The van der Waals surface area contributed by atoms with Crippen LogP contribution < -0.4 is 4.74 Å². The summed E-state index contributed by atoms with van der Waals surface area (Å²) >= 11 is 0. The molecule has 3 heterocycles. The molecule has 6 nitrogen and oxygen atoms in total. The summed E-state index contributed by atoms with van der Waals surface area (Å²) in [7, 11) is 0. The molecule has 5 rings (SSSR count). The Balaban J connectivity index is 1.33. The fourth-order valence-corrected chi connectivity index (χ4v) is 5.50. The van der Waals surface area contributed by atoms with Gasteiger partial charge in [-0.15, -0.1) is 0 Å². The fourth-order valence-electron chi connectivity index (χ4n) is 5.50. The molecule has 2 aromatic carbocycles. The zero-order chi connectivity index (χ0) is 22.5. The van der Waals surface area contributed by atoms with Gasteiger partial charge in [0.15, 0.2) is 11.5 Å². The molecule has 4 atom stereocenters. The lowest BCUT2D eigenvalue weighted by atomic mass is 9.74. The van der Waals surface area contributed by atoms with Crippen LogP contribution in [0.2, 0.25) is 0 Å². The average molecular weight is 436 g/mol. The minimum Gasteiger partial charge on any atom is -0.504 e. The first-order chi connectivity index (χ1) is 15.3. The number of hydrogen-bond acceptors (Lipinski definition) is 5. The molecule has 2 N–H and O–H groups in total. The van der Waals surface area contributed by atoms with Gasteiger partial charge in [0.1, 0.15) is 5.60 Å². The molecule has 2 saturated heterocycles. The molecule has 168 valence electrons. The van der Waals surface area contributed by atoms with E-state index in [1.54, 1.807) is 12.1 Å². The number of nitrogens with zero attached hydrogens (tertiary/aromatic N) is 1. The molecule has 2 aromatic rings. The van der Waals surface area contributed by atoms with E-state index in [-0.39, 0.29) is 23.9 Å². The van der Waals surface area contributed by atoms with E-state index in [9.17, 15) is 9.90 Å². The zero-order valence-electron chi connectivity index (χ0n) is 18.4. The molecule has 3 aliphatic rings. The quantitative estimate of drug-likeness (QED) is 0.694. The van der Waals surface area contributed by atoms with Crippen LogP contribution in [0.3, 0.4) is 0 Å². The number of hydrogen-bond donors (Lipinski definition) is 2. The van der Waals surface area contributed by atoms with Gasteiger partial charge in [-0.25, -0.2) is 4.79 Å². The molecular weight excluding hydrogens is 406 g/mol. The fraction of sp³-hybridized carbons (Fsp3) is 0.423. The number of phenols is 1. The first-order valence-electron chi connectivity index (χ1n) is 11.2. The Kier molecular flexibility index (Phi) is 5.22. The molecule has 6 heteroatoms. The molecule has 0 aliphatic carbocycles. The summed E-state index contributed by atoms with van der Waals surface area (Å²) in [5, 5.41) is 19.1. The Morgan fingerprint density at radius 1 is 1.22 bits per heavy atom. The number of carboxylic acids is 1. The molecule has 0 spiro atoms. The predicted octanol–water partition coefficient (Wildman–Crippen LogP) is 4.38. The highest BCUT2D eigenvalue weighted by atomic mass is 16.5. The minimum atomic E-state index is -0.944. The van der Waals surface area contributed by atoms with Gasteiger partial charge in [-0.05, 0) is 50.0 Å². The number of aromatic hydroxyl groups is 1. The maximum absolute atomic E-state index is 10.7. The molecule has 0 aromatic heterocycles. The molecule has 0 amide bonds. The van der Waals surface area contributed by atoms with Crippen LogP contribution in [0.15, 0.2) is 48.5 Å². The molecule has 0 unspecified atom stereocenters. The van der Waals surface area contributed by atoms with Crippen molar-refractivity contribution >= 4 is 12.0 Å². The summed E-state index contributed by atoms with van der Waals surface area (Å²) in [5.74, 6) is -0.0130. The summed E-state index contributed by atoms with van der Waals surface area (Å²) in [6.45, 7) is 5.99. The Bertz CT molecular complexity index is 1040. The standard InChI is InChI=1S/C26H29NO5/c1-26(2)19-14-20-22(31-24(19)18-4-3-5-21(28)25(18)32-26)12-13-27(20)15-17-8-6-16(7-9-17)10-11-23(29)30/h3-11,19-20,22,24,28H,12-15H2,1-2H3,(H,29,30)/b11-10+/t19-,20+,22-,24+/m1/s1. The van der Waals surface area contributed by atoms with Crippen molar-refractivity contribution in [3.8, 4) is 11.5 Å². The Morgan fingerprint density at radius 2 is 2.00 bits per heavy atom. The van der Waals surface area contributed by atoms with Gasteiger partial charge in [0.2, 0.25) is 0 Å². The topological polar surface area (TPSA) is 79.2 Å². The van der Waals surface area contributed by atoms with Gasteiger partial charge in [-0.3, -0.25) is 4.90 Å². The van der Waals surface area contributed by atoms with Crippen molar-refractivity contribution in [2.24, 2.45) is 5.92 Å². The van der Waals surface area contributed by atoms with Gasteiger partial charge in [-0.1, -0.05) is 36.4 Å². The van der Waals surface area contributed by atoms with Crippen LogP contribution in [-0.2, 0) is 16.1 Å². The summed E-state index contributed by atoms with van der Waals surface area (Å²) in [5.41, 5.74) is 2.60. The van der Waals surface area contributed by atoms with Crippen LogP contribution in [-0.4, -0.2) is 45.4 Å². The van der Waals surface area contributed by atoms with Gasteiger partial charge >= 0.3 is 5.97 Å². The van der Waals surface area contributed by atoms with Gasteiger partial charge in [0.25, 0.3) is 0 Å². The van der Waals surface area contributed by atoms with Crippen molar-refractivity contribution < 1.29 is 24.5 Å². The molecule has 3 aliphatic heterocycles. The number of aliphatic carboxylic acids is 1. The van der Waals surface area contributed by atoms with Gasteiger partial charge < -0.3 is 19.7 Å². The lowest BCUT2D eigenvalue weighted by Crippen LogP contribution is -2.53. The highest BCUT2D eigenvalue weighted by molar-refractivity contribution is 5.85. The molecule has 0 saturated carbocycles. The van der Waals surface area contributed by atoms with Crippen molar-refractivity contribution in [1.82, 2.24) is 4.90 Å². The second-order valence-electron chi connectivity index (χ2n) is 9.58. The number of benzene rings is 2. The Labute approximate surface area is 188 Å². The van der Waals surface area contributed by atoms with Gasteiger partial charge in [0.05, 0.1) is 12.2 Å². The first-order valence-corrected chi connectivity index (χ1v) is 11.2. The molecule has 0 radical (unpaired) electrons. The third kappa shape index (κ3) is 3.78. The van der Waals surface area contributed by atoms with Crippen molar-refractivity contribution in [3.05, 3.63) is 65.2 Å². The van der Waals surface area contributed by atoms with Crippen LogP contribution >= 0.6 is 0 Å². The predicted molar refractivity (Wildman–Crippen MR) is 120 cm³/mol. The van der Waals surface area contributed by atoms with Crippen LogP contribution in [0.4, 0.5) is 0 Å². The summed E-state index contributed by atoms with van der Waals surface area (Å²) in [6, 6.07) is 13.9. The average Bonchev–Trinajstić information content (AvgIpc) is 3.15. The SMILES string of the molecule is CC1(C)Oc2c(O)cccc2[C@@H]2O[C@@H]3CCN(Cc4ccc(/C=C/C(=O)O)cc4)[C@H]3C[C@H]21. The monoisotopic (exact) mass is 435 g/mol. The van der Waals surface area contributed by atoms with E-state index in [2.05, 4.69) is 30.9 Å². The third-order valence-electron chi connectivity index (χ3n) is 7.15. The third-order valence-corrected chi connectivity index (χ3v) is 7.15. The van der Waals surface area contributed by atoms with Crippen molar-refractivity contribution in [1.29, 1.82) is 0 Å². The largest absolute Gasteiger partial charge is 0.504 e. The Morgan fingerprint density at radius 3 is 2.75 bits per heavy atom. The summed E-state index contributed by atoms with van der Waals surface area (Å²) in [4.78, 5) is 13.2. The van der Waals surface area contributed by atoms with Crippen molar-refractivity contribution in [3.63, 3.8) is 0 Å². The van der Waals surface area contributed by atoms with E-state index in [0.29, 0.717) is 11.8 Å². The second kappa shape index (κ2) is 7.94. The van der Waals surface area contributed by atoms with Gasteiger partial charge in [0, 0.05) is 36.7 Å². The molecule has 0 bridgehead atoms. The number of carbonyl (C=O) groups is 1. The normalized spacial score (nSPS) is 28.6. The second-order valence-corrected chi connectivity index (χ2v) is 9.58. The maximum atomic E-state index is 10.7. The number of fused-ring (bicyclic) bond motifs is 4. The number of para-hydroxylation sites is 1. The van der Waals surface area contributed by atoms with Gasteiger partial charge in [-0.2, -0.15) is 0 Å². The zero-order valence-corrected chi connectivity index (χ0v) is 18.4. The lowest BCUT2D eigenvalue weighted by molar-refractivity contribution is -0.163. The number of carboxylic acid groups (broad SMARTS) is 1. The van der Waals surface area contributed by atoms with Crippen LogP contribution in [0.1, 0.15) is 49.5 Å². The van der Waals surface area contributed by atoms with E-state index in [4.69, 9.17) is 14.6 Å². The van der Waals surface area contributed by atoms with E-state index in [1.807, 2.05) is 24.3 Å². The minimum absolute atomic E-state index is 0.0673. The lowest BCUT2D eigenvalue weighted by Gasteiger charge is -2.50. The van der Waals surface area contributed by atoms with E-state index < -0.39 is 11.6 Å². The van der Waals surface area contributed by atoms with Crippen LogP contribution in [0, 0.1) is 5.92 Å². The van der Waals surface area contributed by atoms with E-state index in [1.165, 1.54) is 5.56 Å². The van der Waals surface area contributed by atoms with Crippen molar-refractivity contribution in [2.45, 2.75) is 57.1 Å². The van der Waals surface area contributed by atoms with E-state index >= 15 is 0 Å². The molecule has 32 heavy (non-hydrogen) atoms. The summed E-state index contributed by atoms with van der Waals surface area (Å²) < 4.78 is 13.0. The number of likely N-dealkylation sites (tertiary alicyclic amines) is 1. The number of rotatable bonds is 4. The summed E-state index contributed by atoms with van der Waals surface area (Å²) in [6.07, 6.45) is 4.83. The molecular formula is C26H29NO5. The first kappa shape index (κ1) is 21.0. The number of ether oxygens (including phenoxy) is 2. The molecule has 2 fully saturated rings. The Hall–Kier alpha value is -2.83.